The lowest BCUT2D eigenvalue weighted by Gasteiger charge is -2.45. The van der Waals surface area contributed by atoms with E-state index in [1.165, 1.54) is 43.4 Å². The Hall–Kier alpha value is -0.860. The molecular weight excluding hydrogens is 222 g/mol. The molecule has 1 atom stereocenters. The predicted molar refractivity (Wildman–Crippen MR) is 73.9 cm³/mol. The van der Waals surface area contributed by atoms with E-state index in [0.717, 1.165) is 13.2 Å². The Labute approximate surface area is 110 Å². The molecule has 98 valence electrons. The Bertz CT molecular complexity index is 405. The molecule has 1 aromatic rings. The zero-order valence-electron chi connectivity index (χ0n) is 11.2. The summed E-state index contributed by atoms with van der Waals surface area (Å²) in [6.45, 7) is 5.21. The molecule has 0 saturated carbocycles. The van der Waals surface area contributed by atoms with Gasteiger partial charge in [0.1, 0.15) is 0 Å². The van der Waals surface area contributed by atoms with Crippen molar-refractivity contribution < 1.29 is 4.74 Å². The van der Waals surface area contributed by atoms with E-state index in [4.69, 9.17) is 4.74 Å². The van der Waals surface area contributed by atoms with Gasteiger partial charge in [-0.05, 0) is 43.9 Å². The van der Waals surface area contributed by atoms with Gasteiger partial charge in [-0.15, -0.1) is 0 Å². The lowest BCUT2D eigenvalue weighted by molar-refractivity contribution is -0.0699. The molecule has 2 aliphatic rings. The second kappa shape index (κ2) is 5.02. The first-order valence-electron chi connectivity index (χ1n) is 7.17. The summed E-state index contributed by atoms with van der Waals surface area (Å²) in [6.07, 6.45) is 5.28. The average Bonchev–Trinajstić information content (AvgIpc) is 2.36. The summed E-state index contributed by atoms with van der Waals surface area (Å²) in [5.74, 6) is 0. The fourth-order valence-corrected chi connectivity index (χ4v) is 3.47. The van der Waals surface area contributed by atoms with E-state index in [-0.39, 0.29) is 5.41 Å². The van der Waals surface area contributed by atoms with Gasteiger partial charge in [0.05, 0.1) is 13.2 Å². The van der Waals surface area contributed by atoms with Crippen LogP contribution in [0.2, 0.25) is 0 Å². The van der Waals surface area contributed by atoms with Crippen molar-refractivity contribution in [2.75, 3.05) is 19.8 Å². The number of rotatable bonds is 3. The van der Waals surface area contributed by atoms with Crippen molar-refractivity contribution in [1.82, 2.24) is 5.32 Å². The number of hydrogen-bond donors (Lipinski definition) is 1. The number of piperidine rings is 1. The third-order valence-electron chi connectivity index (χ3n) is 4.52. The molecule has 0 aromatic heterocycles. The molecule has 0 amide bonds. The van der Waals surface area contributed by atoms with Gasteiger partial charge >= 0.3 is 0 Å². The summed E-state index contributed by atoms with van der Waals surface area (Å²) in [6, 6.07) is 9.49. The monoisotopic (exact) mass is 245 g/mol. The summed E-state index contributed by atoms with van der Waals surface area (Å²) in [4.78, 5) is 0. The average molecular weight is 245 g/mol. The molecule has 1 N–H and O–H groups in total. The second-order valence-corrected chi connectivity index (χ2v) is 5.94. The minimum Gasteiger partial charge on any atom is -0.379 e. The lowest BCUT2D eigenvalue weighted by Crippen LogP contribution is -2.52. The standard InChI is InChI=1S/C16H23NO/c1-13-6-2-3-8-15(13)16(11-18-12-16)10-14-7-4-5-9-17-14/h2-3,6,8,14,17H,4-5,7,9-12H2,1H3. The Balaban J connectivity index is 1.79. The van der Waals surface area contributed by atoms with Gasteiger partial charge in [-0.3, -0.25) is 0 Å². The summed E-state index contributed by atoms with van der Waals surface area (Å²) >= 11 is 0. The number of hydrogen-bond acceptors (Lipinski definition) is 2. The molecule has 2 fully saturated rings. The van der Waals surface area contributed by atoms with Crippen LogP contribution >= 0.6 is 0 Å². The first-order valence-corrected chi connectivity index (χ1v) is 7.17. The molecule has 2 heteroatoms. The molecule has 18 heavy (non-hydrogen) atoms. The first-order chi connectivity index (χ1) is 8.80. The molecule has 2 nitrogen and oxygen atoms in total. The van der Waals surface area contributed by atoms with Crippen LogP contribution in [0, 0.1) is 6.92 Å². The summed E-state index contributed by atoms with van der Waals surface area (Å²) < 4.78 is 5.56. The highest BCUT2D eigenvalue weighted by Crippen LogP contribution is 2.39. The predicted octanol–water partition coefficient (Wildman–Crippen LogP) is 2.80. The van der Waals surface area contributed by atoms with Crippen molar-refractivity contribution in [3.05, 3.63) is 35.4 Å². The number of benzene rings is 1. The quantitative estimate of drug-likeness (QED) is 0.884. The Morgan fingerprint density at radius 1 is 1.28 bits per heavy atom. The van der Waals surface area contributed by atoms with Gasteiger partial charge in [-0.2, -0.15) is 0 Å². The van der Waals surface area contributed by atoms with E-state index in [1.54, 1.807) is 0 Å². The van der Waals surface area contributed by atoms with Gasteiger partial charge in [0, 0.05) is 11.5 Å². The van der Waals surface area contributed by atoms with Crippen LogP contribution in [0.15, 0.2) is 24.3 Å². The SMILES string of the molecule is Cc1ccccc1C1(CC2CCCCN2)COC1. The van der Waals surface area contributed by atoms with E-state index in [2.05, 4.69) is 36.5 Å². The third-order valence-corrected chi connectivity index (χ3v) is 4.52. The van der Waals surface area contributed by atoms with Crippen molar-refractivity contribution in [3.63, 3.8) is 0 Å². The molecule has 0 radical (unpaired) electrons. The Kier molecular flexibility index (Phi) is 3.40. The molecular formula is C16H23NO. The van der Waals surface area contributed by atoms with E-state index < -0.39 is 0 Å². The molecule has 0 bridgehead atoms. The highest BCUT2D eigenvalue weighted by atomic mass is 16.5. The van der Waals surface area contributed by atoms with Gasteiger partial charge in [0.2, 0.25) is 0 Å². The van der Waals surface area contributed by atoms with Crippen LogP contribution in [0.1, 0.15) is 36.8 Å². The van der Waals surface area contributed by atoms with Crippen LogP contribution in [-0.2, 0) is 10.2 Å². The van der Waals surface area contributed by atoms with Crippen LogP contribution in [0.25, 0.3) is 0 Å². The van der Waals surface area contributed by atoms with E-state index in [0.29, 0.717) is 6.04 Å². The van der Waals surface area contributed by atoms with Gasteiger partial charge in [0.15, 0.2) is 0 Å². The smallest absolute Gasteiger partial charge is 0.0586 e. The molecule has 2 heterocycles. The minimum atomic E-state index is 0.278. The molecule has 1 aromatic carbocycles. The first kappa shape index (κ1) is 12.2. The highest BCUT2D eigenvalue weighted by Gasteiger charge is 2.42. The lowest BCUT2D eigenvalue weighted by atomic mass is 9.71. The summed E-state index contributed by atoms with van der Waals surface area (Å²) in [5, 5.41) is 3.68. The zero-order chi connectivity index (χ0) is 12.4. The van der Waals surface area contributed by atoms with Crippen LogP contribution in [0.5, 0.6) is 0 Å². The van der Waals surface area contributed by atoms with E-state index in [9.17, 15) is 0 Å². The number of aryl methyl sites for hydroxylation is 1. The fourth-order valence-electron chi connectivity index (χ4n) is 3.47. The zero-order valence-corrected chi connectivity index (χ0v) is 11.2. The van der Waals surface area contributed by atoms with Crippen LogP contribution in [-0.4, -0.2) is 25.8 Å². The number of ether oxygens (including phenoxy) is 1. The maximum Gasteiger partial charge on any atom is 0.0586 e. The van der Waals surface area contributed by atoms with Gasteiger partial charge < -0.3 is 10.1 Å². The molecule has 1 unspecified atom stereocenters. The second-order valence-electron chi connectivity index (χ2n) is 5.94. The van der Waals surface area contributed by atoms with Gasteiger partial charge in [-0.25, -0.2) is 0 Å². The minimum absolute atomic E-state index is 0.278. The van der Waals surface area contributed by atoms with Gasteiger partial charge in [0.25, 0.3) is 0 Å². The van der Waals surface area contributed by atoms with Crippen molar-refractivity contribution in [2.24, 2.45) is 0 Å². The molecule has 0 spiro atoms. The largest absolute Gasteiger partial charge is 0.379 e. The molecule has 2 saturated heterocycles. The Morgan fingerprint density at radius 2 is 2.11 bits per heavy atom. The Morgan fingerprint density at radius 3 is 2.72 bits per heavy atom. The number of nitrogens with one attached hydrogen (secondary N) is 1. The molecule has 2 aliphatic heterocycles. The topological polar surface area (TPSA) is 21.3 Å². The van der Waals surface area contributed by atoms with Crippen LogP contribution < -0.4 is 5.32 Å². The van der Waals surface area contributed by atoms with Crippen LogP contribution in [0.4, 0.5) is 0 Å². The normalized spacial score (nSPS) is 26.6. The highest BCUT2D eigenvalue weighted by molar-refractivity contribution is 5.35. The summed E-state index contributed by atoms with van der Waals surface area (Å²) in [7, 11) is 0. The van der Waals surface area contributed by atoms with Crippen molar-refractivity contribution >= 4 is 0 Å². The maximum atomic E-state index is 5.56. The van der Waals surface area contributed by atoms with E-state index in [1.807, 2.05) is 0 Å². The van der Waals surface area contributed by atoms with Crippen molar-refractivity contribution in [3.8, 4) is 0 Å². The van der Waals surface area contributed by atoms with Crippen molar-refractivity contribution in [1.29, 1.82) is 0 Å². The molecule has 0 aliphatic carbocycles. The fraction of sp³-hybridized carbons (Fsp3) is 0.625. The van der Waals surface area contributed by atoms with E-state index >= 15 is 0 Å². The third kappa shape index (κ3) is 2.19. The summed E-state index contributed by atoms with van der Waals surface area (Å²) in [5.41, 5.74) is 3.20. The van der Waals surface area contributed by atoms with Crippen LogP contribution in [0.3, 0.4) is 0 Å². The van der Waals surface area contributed by atoms with Gasteiger partial charge in [-0.1, -0.05) is 30.7 Å². The maximum absolute atomic E-state index is 5.56. The van der Waals surface area contributed by atoms with Crippen molar-refractivity contribution in [2.45, 2.75) is 44.1 Å². The molecule has 3 rings (SSSR count).